The Bertz CT molecular complexity index is 949. The largest absolute Gasteiger partial charge is 0.419 e. The molecule has 1 saturated heterocycles. The molecule has 1 heterocycles. The average molecular weight is 437 g/mol. The van der Waals surface area contributed by atoms with Gasteiger partial charge in [-0.3, -0.25) is 19.7 Å². The number of nitro groups is 1. The van der Waals surface area contributed by atoms with Crippen LogP contribution in [0, 0.1) is 28.8 Å². The van der Waals surface area contributed by atoms with Crippen LogP contribution in [0.25, 0.3) is 0 Å². The molecule has 1 fully saturated rings. The third-order valence-electron chi connectivity index (χ3n) is 4.24. The summed E-state index contributed by atoms with van der Waals surface area (Å²) in [4.78, 5) is 36.4. The number of hydrogen-bond donors (Lipinski definition) is 0. The number of anilines is 1. The number of esters is 1. The maximum atomic E-state index is 13.4. The Labute approximate surface area is 162 Å². The molecular formula is C18H14BrFN2O5. The predicted molar refractivity (Wildman–Crippen MR) is 98.0 cm³/mol. The van der Waals surface area contributed by atoms with E-state index in [1.165, 1.54) is 4.90 Å². The van der Waals surface area contributed by atoms with E-state index in [0.29, 0.717) is 5.69 Å². The summed E-state index contributed by atoms with van der Waals surface area (Å²) in [6, 6.07) is 7.98. The Balaban J connectivity index is 1.77. The van der Waals surface area contributed by atoms with E-state index >= 15 is 0 Å². The summed E-state index contributed by atoms with van der Waals surface area (Å²) in [7, 11) is 0. The van der Waals surface area contributed by atoms with Gasteiger partial charge in [0.15, 0.2) is 0 Å². The smallest absolute Gasteiger partial charge is 0.316 e. The number of carbonyl (C=O) groups is 2. The molecule has 1 atom stereocenters. The van der Waals surface area contributed by atoms with Crippen LogP contribution in [0.2, 0.25) is 0 Å². The van der Waals surface area contributed by atoms with E-state index in [4.69, 9.17) is 4.74 Å². The Morgan fingerprint density at radius 1 is 1.33 bits per heavy atom. The minimum atomic E-state index is -0.812. The van der Waals surface area contributed by atoms with Gasteiger partial charge in [-0.2, -0.15) is 0 Å². The zero-order valence-electron chi connectivity index (χ0n) is 14.1. The van der Waals surface area contributed by atoms with Crippen molar-refractivity contribution in [2.45, 2.75) is 13.3 Å². The van der Waals surface area contributed by atoms with E-state index in [9.17, 15) is 24.1 Å². The van der Waals surface area contributed by atoms with Gasteiger partial charge >= 0.3 is 11.7 Å². The molecule has 1 aliphatic rings. The van der Waals surface area contributed by atoms with Crippen LogP contribution in [-0.4, -0.2) is 23.3 Å². The zero-order chi connectivity index (χ0) is 19.7. The standard InChI is InChI=1S/C18H14BrFN2O5/c1-10-6-13(3-4-14(10)19)21-9-11(7-17(21)23)18(24)27-16-8-12(20)2-5-15(16)22(25)26/h2-6,8,11H,7,9H2,1H3. The molecular weight excluding hydrogens is 423 g/mol. The van der Waals surface area contributed by atoms with Gasteiger partial charge in [-0.05, 0) is 36.8 Å². The first-order valence-electron chi connectivity index (χ1n) is 7.98. The molecule has 0 aromatic heterocycles. The monoisotopic (exact) mass is 436 g/mol. The SMILES string of the molecule is Cc1cc(N2CC(C(=O)Oc3cc(F)ccc3[N+](=O)[O-])CC2=O)ccc1Br. The van der Waals surface area contributed by atoms with Crippen LogP contribution < -0.4 is 9.64 Å². The number of aryl methyl sites for hydroxylation is 1. The molecule has 9 heteroatoms. The number of nitro benzene ring substituents is 1. The zero-order valence-corrected chi connectivity index (χ0v) is 15.7. The van der Waals surface area contributed by atoms with E-state index in [1.807, 2.05) is 13.0 Å². The van der Waals surface area contributed by atoms with Crippen molar-refractivity contribution in [1.29, 1.82) is 0 Å². The highest BCUT2D eigenvalue weighted by atomic mass is 79.9. The van der Waals surface area contributed by atoms with Crippen molar-refractivity contribution in [3.63, 3.8) is 0 Å². The molecule has 0 radical (unpaired) electrons. The first kappa shape index (κ1) is 19.0. The summed E-state index contributed by atoms with van der Waals surface area (Å²) in [5.74, 6) is -3.11. The maximum absolute atomic E-state index is 13.4. The number of ether oxygens (including phenoxy) is 1. The van der Waals surface area contributed by atoms with E-state index in [-0.39, 0.29) is 18.9 Å². The summed E-state index contributed by atoms with van der Waals surface area (Å²) in [5.41, 5.74) is 1.06. The molecule has 2 aromatic carbocycles. The number of amides is 1. The third-order valence-corrected chi connectivity index (χ3v) is 5.13. The average Bonchev–Trinajstić information content (AvgIpc) is 2.99. The maximum Gasteiger partial charge on any atom is 0.316 e. The summed E-state index contributed by atoms with van der Waals surface area (Å²) in [6.07, 6.45) is -0.0863. The van der Waals surface area contributed by atoms with E-state index in [1.54, 1.807) is 12.1 Å². The molecule has 140 valence electrons. The highest BCUT2D eigenvalue weighted by Gasteiger charge is 2.37. The molecule has 3 rings (SSSR count). The molecule has 1 aliphatic heterocycles. The van der Waals surface area contributed by atoms with Crippen molar-refractivity contribution in [2.24, 2.45) is 5.92 Å². The number of benzene rings is 2. The van der Waals surface area contributed by atoms with Gasteiger partial charge in [0, 0.05) is 35.3 Å². The lowest BCUT2D eigenvalue weighted by molar-refractivity contribution is -0.385. The highest BCUT2D eigenvalue weighted by molar-refractivity contribution is 9.10. The van der Waals surface area contributed by atoms with Crippen molar-refractivity contribution in [3.8, 4) is 5.75 Å². The lowest BCUT2D eigenvalue weighted by Gasteiger charge is -2.17. The molecule has 1 amide bonds. The molecule has 0 bridgehead atoms. The molecule has 0 spiro atoms. The Hall–Kier alpha value is -2.81. The van der Waals surface area contributed by atoms with Crippen molar-refractivity contribution in [1.82, 2.24) is 0 Å². The summed E-state index contributed by atoms with van der Waals surface area (Å²) < 4.78 is 19.3. The number of hydrogen-bond acceptors (Lipinski definition) is 5. The van der Waals surface area contributed by atoms with Crippen LogP contribution in [0.3, 0.4) is 0 Å². The fraction of sp³-hybridized carbons (Fsp3) is 0.222. The molecule has 0 N–H and O–H groups in total. The second kappa shape index (κ2) is 7.43. The molecule has 7 nitrogen and oxygen atoms in total. The summed E-state index contributed by atoms with van der Waals surface area (Å²) in [5, 5.41) is 11.0. The lowest BCUT2D eigenvalue weighted by Crippen LogP contribution is -2.27. The van der Waals surface area contributed by atoms with Crippen molar-refractivity contribution >= 4 is 39.2 Å². The van der Waals surface area contributed by atoms with Gasteiger partial charge in [-0.15, -0.1) is 0 Å². The van der Waals surface area contributed by atoms with E-state index in [0.717, 1.165) is 28.2 Å². The summed E-state index contributed by atoms with van der Waals surface area (Å²) in [6.45, 7) is 1.96. The van der Waals surface area contributed by atoms with Gasteiger partial charge in [0.2, 0.25) is 11.7 Å². The number of halogens is 2. The first-order chi connectivity index (χ1) is 12.8. The van der Waals surface area contributed by atoms with Gasteiger partial charge < -0.3 is 9.64 Å². The number of rotatable bonds is 4. The van der Waals surface area contributed by atoms with Crippen LogP contribution in [0.15, 0.2) is 40.9 Å². The van der Waals surface area contributed by atoms with Gasteiger partial charge in [0.05, 0.1) is 10.8 Å². The predicted octanol–water partition coefficient (Wildman–Crippen LogP) is 3.76. The second-order valence-corrected chi connectivity index (χ2v) is 6.98. The lowest BCUT2D eigenvalue weighted by atomic mass is 10.1. The number of carbonyl (C=O) groups excluding carboxylic acids is 2. The van der Waals surface area contributed by atoms with Gasteiger partial charge in [-0.25, -0.2) is 4.39 Å². The van der Waals surface area contributed by atoms with Crippen molar-refractivity contribution in [2.75, 3.05) is 11.4 Å². The fourth-order valence-electron chi connectivity index (χ4n) is 2.82. The van der Waals surface area contributed by atoms with Crippen molar-refractivity contribution in [3.05, 3.63) is 62.4 Å². The number of nitrogens with zero attached hydrogens (tertiary/aromatic N) is 2. The van der Waals surface area contributed by atoms with Crippen LogP contribution in [-0.2, 0) is 9.59 Å². The Kier molecular flexibility index (Phi) is 5.22. The highest BCUT2D eigenvalue weighted by Crippen LogP contribution is 2.32. The fourth-order valence-corrected chi connectivity index (χ4v) is 3.07. The van der Waals surface area contributed by atoms with Crippen LogP contribution in [0.5, 0.6) is 5.75 Å². The van der Waals surface area contributed by atoms with Gasteiger partial charge in [-0.1, -0.05) is 15.9 Å². The first-order valence-corrected chi connectivity index (χ1v) is 8.77. The Morgan fingerprint density at radius 2 is 2.07 bits per heavy atom. The van der Waals surface area contributed by atoms with Crippen LogP contribution >= 0.6 is 15.9 Å². The van der Waals surface area contributed by atoms with Crippen molar-refractivity contribution < 1.29 is 23.6 Å². The second-order valence-electron chi connectivity index (χ2n) is 6.13. The van der Waals surface area contributed by atoms with Gasteiger partial charge in [0.25, 0.3) is 0 Å². The van der Waals surface area contributed by atoms with Gasteiger partial charge in [0.1, 0.15) is 5.82 Å². The molecule has 0 aliphatic carbocycles. The summed E-state index contributed by atoms with van der Waals surface area (Å²) >= 11 is 3.39. The van der Waals surface area contributed by atoms with E-state index < -0.39 is 34.1 Å². The topological polar surface area (TPSA) is 89.8 Å². The molecule has 27 heavy (non-hydrogen) atoms. The molecule has 1 unspecified atom stereocenters. The minimum absolute atomic E-state index is 0.0852. The van der Waals surface area contributed by atoms with E-state index in [2.05, 4.69) is 15.9 Å². The minimum Gasteiger partial charge on any atom is -0.419 e. The normalized spacial score (nSPS) is 16.5. The molecule has 0 saturated carbocycles. The molecule has 2 aromatic rings. The quantitative estimate of drug-likeness (QED) is 0.315. The third kappa shape index (κ3) is 3.97. The van der Waals surface area contributed by atoms with Crippen LogP contribution in [0.1, 0.15) is 12.0 Å². The van der Waals surface area contributed by atoms with Crippen LogP contribution in [0.4, 0.5) is 15.8 Å². The Morgan fingerprint density at radius 3 is 2.74 bits per heavy atom.